The van der Waals surface area contributed by atoms with Crippen molar-refractivity contribution in [1.82, 2.24) is 0 Å². The van der Waals surface area contributed by atoms with Gasteiger partial charge in [0.15, 0.2) is 0 Å². The number of nitrogens with two attached hydrogens (primary N) is 1. The van der Waals surface area contributed by atoms with Crippen molar-refractivity contribution in [2.75, 3.05) is 0 Å². The first-order valence-electron chi connectivity index (χ1n) is 4.50. The molecule has 0 aliphatic carbocycles. The predicted molar refractivity (Wildman–Crippen MR) is 55.6 cm³/mol. The monoisotopic (exact) mass is 209 g/mol. The number of rotatable bonds is 4. The number of benzene rings is 1. The third-order valence-electron chi connectivity index (χ3n) is 1.89. The quantitative estimate of drug-likeness (QED) is 0.794. The second-order valence-electron chi connectivity index (χ2n) is 3.06. The summed E-state index contributed by atoms with van der Waals surface area (Å²) in [4.78, 5) is 10.2. The van der Waals surface area contributed by atoms with Crippen molar-refractivity contribution in [3.05, 3.63) is 41.2 Å². The van der Waals surface area contributed by atoms with Crippen molar-refractivity contribution in [3.8, 4) is 0 Å². The lowest BCUT2D eigenvalue weighted by Gasteiger charge is -2.00. The van der Waals surface area contributed by atoms with Crippen LogP contribution in [0.15, 0.2) is 24.3 Å². The Labute approximate surface area is 87.0 Å². The lowest BCUT2D eigenvalue weighted by molar-refractivity contribution is -0.135. The molecule has 0 aliphatic rings. The van der Waals surface area contributed by atoms with Gasteiger partial charge < -0.3 is 10.8 Å². The molecule has 15 heavy (non-hydrogen) atoms. The van der Waals surface area contributed by atoms with Crippen LogP contribution in [0, 0.1) is 5.82 Å². The molecule has 4 heteroatoms. The molecule has 0 unspecified atom stereocenters. The van der Waals surface area contributed by atoms with E-state index in [9.17, 15) is 9.18 Å². The van der Waals surface area contributed by atoms with Gasteiger partial charge in [0.2, 0.25) is 0 Å². The van der Waals surface area contributed by atoms with Crippen LogP contribution in [0.25, 0.3) is 6.08 Å². The first-order chi connectivity index (χ1) is 7.13. The maximum Gasteiger partial charge on any atom is 0.307 e. The zero-order valence-corrected chi connectivity index (χ0v) is 8.11. The van der Waals surface area contributed by atoms with E-state index in [2.05, 4.69) is 0 Å². The van der Waals surface area contributed by atoms with Gasteiger partial charge in [-0.05, 0) is 17.7 Å². The Morgan fingerprint density at radius 3 is 2.87 bits per heavy atom. The van der Waals surface area contributed by atoms with Crippen LogP contribution in [-0.4, -0.2) is 11.1 Å². The van der Waals surface area contributed by atoms with Gasteiger partial charge in [-0.25, -0.2) is 4.39 Å². The highest BCUT2D eigenvalue weighted by Gasteiger charge is 1.99. The summed E-state index contributed by atoms with van der Waals surface area (Å²) in [5.74, 6) is -1.32. The van der Waals surface area contributed by atoms with E-state index in [0.717, 1.165) is 5.56 Å². The molecule has 0 amide bonds. The number of carboxylic acids is 1. The number of halogens is 1. The molecule has 0 bridgehead atoms. The topological polar surface area (TPSA) is 63.3 Å². The van der Waals surface area contributed by atoms with Gasteiger partial charge in [0, 0.05) is 12.1 Å². The average Bonchev–Trinajstić information content (AvgIpc) is 2.20. The van der Waals surface area contributed by atoms with Crippen LogP contribution in [0.4, 0.5) is 4.39 Å². The normalized spacial score (nSPS) is 10.8. The summed E-state index contributed by atoms with van der Waals surface area (Å²) in [6.07, 6.45) is 2.73. The van der Waals surface area contributed by atoms with Crippen molar-refractivity contribution in [3.63, 3.8) is 0 Å². The zero-order valence-electron chi connectivity index (χ0n) is 8.11. The van der Waals surface area contributed by atoms with E-state index in [1.807, 2.05) is 0 Å². The Hall–Kier alpha value is -1.68. The largest absolute Gasteiger partial charge is 0.481 e. The molecule has 0 heterocycles. The molecule has 0 aliphatic heterocycles. The van der Waals surface area contributed by atoms with Gasteiger partial charge >= 0.3 is 5.97 Å². The number of carboxylic acid groups (broad SMARTS) is 1. The van der Waals surface area contributed by atoms with Gasteiger partial charge in [0.05, 0.1) is 6.42 Å². The Kier molecular flexibility index (Phi) is 4.00. The van der Waals surface area contributed by atoms with Crippen molar-refractivity contribution in [1.29, 1.82) is 0 Å². The Morgan fingerprint density at radius 1 is 1.53 bits per heavy atom. The third kappa shape index (κ3) is 3.52. The van der Waals surface area contributed by atoms with Crippen molar-refractivity contribution < 1.29 is 14.3 Å². The minimum atomic E-state index is -0.943. The number of aliphatic carboxylic acids is 1. The molecule has 1 aromatic rings. The van der Waals surface area contributed by atoms with Crippen LogP contribution in [0.3, 0.4) is 0 Å². The average molecular weight is 209 g/mol. The second kappa shape index (κ2) is 5.26. The fourth-order valence-corrected chi connectivity index (χ4v) is 1.13. The van der Waals surface area contributed by atoms with E-state index >= 15 is 0 Å². The van der Waals surface area contributed by atoms with E-state index in [1.54, 1.807) is 12.1 Å². The smallest absolute Gasteiger partial charge is 0.307 e. The molecule has 0 aromatic heterocycles. The lowest BCUT2D eigenvalue weighted by atomic mass is 10.1. The van der Waals surface area contributed by atoms with Gasteiger partial charge in [-0.15, -0.1) is 0 Å². The Balaban J connectivity index is 2.83. The molecule has 0 atom stereocenters. The van der Waals surface area contributed by atoms with Crippen LogP contribution < -0.4 is 5.73 Å². The van der Waals surface area contributed by atoms with E-state index in [1.165, 1.54) is 18.2 Å². The van der Waals surface area contributed by atoms with Gasteiger partial charge in [-0.3, -0.25) is 4.79 Å². The first kappa shape index (κ1) is 11.4. The van der Waals surface area contributed by atoms with E-state index in [0.29, 0.717) is 12.1 Å². The highest BCUT2D eigenvalue weighted by Crippen LogP contribution is 2.12. The standard InChI is InChI=1S/C11H12FNO2/c12-10-5-4-8(7-13)6-9(10)2-1-3-11(14)15/h1-2,4-6H,3,7,13H2,(H,14,15). The first-order valence-corrected chi connectivity index (χ1v) is 4.50. The maximum atomic E-state index is 13.2. The molecule has 0 radical (unpaired) electrons. The molecule has 0 saturated heterocycles. The van der Waals surface area contributed by atoms with E-state index in [4.69, 9.17) is 10.8 Å². The highest BCUT2D eigenvalue weighted by molar-refractivity contribution is 5.70. The summed E-state index contributed by atoms with van der Waals surface area (Å²) in [5.41, 5.74) is 6.58. The fraction of sp³-hybridized carbons (Fsp3) is 0.182. The molecule has 0 spiro atoms. The van der Waals surface area contributed by atoms with Gasteiger partial charge in [0.1, 0.15) is 5.82 Å². The molecular formula is C11H12FNO2. The van der Waals surface area contributed by atoms with Gasteiger partial charge in [-0.2, -0.15) is 0 Å². The van der Waals surface area contributed by atoms with Gasteiger partial charge in [-0.1, -0.05) is 18.2 Å². The van der Waals surface area contributed by atoms with Crippen molar-refractivity contribution in [2.24, 2.45) is 5.73 Å². The molecular weight excluding hydrogens is 197 g/mol. The van der Waals surface area contributed by atoms with Crippen molar-refractivity contribution in [2.45, 2.75) is 13.0 Å². The molecule has 0 saturated carbocycles. The van der Waals surface area contributed by atoms with Crippen LogP contribution in [0.5, 0.6) is 0 Å². The molecule has 1 aromatic carbocycles. The minimum absolute atomic E-state index is 0.119. The number of carbonyl (C=O) groups is 1. The minimum Gasteiger partial charge on any atom is -0.481 e. The Bertz CT molecular complexity index is 388. The van der Waals surface area contributed by atoms with Crippen LogP contribution in [-0.2, 0) is 11.3 Å². The summed E-state index contributed by atoms with van der Waals surface area (Å²) in [6, 6.07) is 4.53. The maximum absolute atomic E-state index is 13.2. The zero-order chi connectivity index (χ0) is 11.3. The lowest BCUT2D eigenvalue weighted by Crippen LogP contribution is -1.97. The summed E-state index contributed by atoms with van der Waals surface area (Å²) in [5, 5.41) is 8.40. The molecule has 3 N–H and O–H groups in total. The molecule has 0 fully saturated rings. The van der Waals surface area contributed by atoms with Crippen molar-refractivity contribution >= 4 is 12.0 Å². The molecule has 80 valence electrons. The second-order valence-corrected chi connectivity index (χ2v) is 3.06. The highest BCUT2D eigenvalue weighted by atomic mass is 19.1. The molecule has 1 rings (SSSR count). The van der Waals surface area contributed by atoms with Crippen LogP contribution >= 0.6 is 0 Å². The summed E-state index contributed by atoms with van der Waals surface area (Å²) in [6.45, 7) is 0.333. The Morgan fingerprint density at radius 2 is 2.27 bits per heavy atom. The fourth-order valence-electron chi connectivity index (χ4n) is 1.13. The van der Waals surface area contributed by atoms with E-state index in [-0.39, 0.29) is 12.2 Å². The number of hydrogen-bond donors (Lipinski definition) is 2. The summed E-state index contributed by atoms with van der Waals surface area (Å²) >= 11 is 0. The summed E-state index contributed by atoms with van der Waals surface area (Å²) < 4.78 is 13.2. The van der Waals surface area contributed by atoms with E-state index < -0.39 is 5.97 Å². The van der Waals surface area contributed by atoms with Gasteiger partial charge in [0.25, 0.3) is 0 Å². The summed E-state index contributed by atoms with van der Waals surface area (Å²) in [7, 11) is 0. The third-order valence-corrected chi connectivity index (χ3v) is 1.89. The van der Waals surface area contributed by atoms with Crippen LogP contribution in [0.1, 0.15) is 17.5 Å². The SMILES string of the molecule is NCc1ccc(F)c(C=CCC(=O)O)c1. The predicted octanol–water partition coefficient (Wildman–Crippen LogP) is 1.77. The molecule has 3 nitrogen and oxygen atoms in total. The van der Waals surface area contributed by atoms with Crippen LogP contribution in [0.2, 0.25) is 0 Å². The number of hydrogen-bond acceptors (Lipinski definition) is 2.